The molecule has 6 nitrogen and oxygen atoms in total. The number of rotatable bonds is 6. The third-order valence-electron chi connectivity index (χ3n) is 3.42. The summed E-state index contributed by atoms with van der Waals surface area (Å²) in [6.07, 6.45) is -3.79. The lowest BCUT2D eigenvalue weighted by molar-refractivity contribution is -0.280. The molecule has 0 aliphatic carbocycles. The van der Waals surface area contributed by atoms with Gasteiger partial charge >= 0.3 is 0 Å². The number of ether oxygens (including phenoxy) is 1. The van der Waals surface area contributed by atoms with Crippen molar-refractivity contribution in [1.82, 2.24) is 0 Å². The first-order chi connectivity index (χ1) is 8.82. The molecule has 1 rings (SSSR count). The van der Waals surface area contributed by atoms with Gasteiger partial charge in [-0.2, -0.15) is 0 Å². The highest BCUT2D eigenvalue weighted by molar-refractivity contribution is 6.71. The second-order valence-electron chi connectivity index (χ2n) is 5.68. The fraction of sp³-hybridized carbons (Fsp3) is 1.00. The maximum atomic E-state index is 9.89. The minimum absolute atomic E-state index is 0.429. The molecule has 0 aromatic heterocycles. The first-order valence-corrected chi connectivity index (χ1v) is 9.92. The molecule has 1 aliphatic heterocycles. The summed E-state index contributed by atoms with van der Waals surface area (Å²) in [7, 11) is -2.01. The summed E-state index contributed by atoms with van der Waals surface area (Å²) in [4.78, 5) is 0. The Morgan fingerprint density at radius 2 is 1.74 bits per heavy atom. The number of unbranched alkanes of at least 4 members (excludes halogenated alkanes) is 1. The van der Waals surface area contributed by atoms with E-state index in [0.717, 1.165) is 18.9 Å². The molecule has 0 aromatic carbocycles. The molecular formula is C12H26O6Si. The minimum atomic E-state index is -2.01. The molecule has 0 saturated carbocycles. The van der Waals surface area contributed by atoms with Crippen molar-refractivity contribution in [3.05, 3.63) is 0 Å². The zero-order chi connectivity index (χ0) is 14.6. The van der Waals surface area contributed by atoms with E-state index in [1.54, 1.807) is 0 Å². The van der Waals surface area contributed by atoms with Crippen LogP contribution in [0.5, 0.6) is 0 Å². The Hall–Kier alpha value is -0.0231. The van der Waals surface area contributed by atoms with Crippen molar-refractivity contribution in [1.29, 1.82) is 0 Å². The minimum Gasteiger partial charge on any atom is -0.394 e. The first kappa shape index (κ1) is 17.0. The SMILES string of the molecule is CCCC[Si](C)(C)O[C@@H]1O[C@H](CO)[C@@H](O)[C@H](O)[C@H]1O. The zero-order valence-electron chi connectivity index (χ0n) is 11.8. The molecule has 0 amide bonds. The highest BCUT2D eigenvalue weighted by Gasteiger charge is 2.45. The molecule has 1 saturated heterocycles. The van der Waals surface area contributed by atoms with Gasteiger partial charge in [0.05, 0.1) is 6.61 Å². The van der Waals surface area contributed by atoms with Crippen molar-refractivity contribution < 1.29 is 29.6 Å². The van der Waals surface area contributed by atoms with Crippen LogP contribution in [0.1, 0.15) is 19.8 Å². The largest absolute Gasteiger partial charge is 0.394 e. The van der Waals surface area contributed by atoms with E-state index < -0.39 is 45.6 Å². The lowest BCUT2D eigenvalue weighted by Crippen LogP contribution is -2.60. The number of hydrogen-bond acceptors (Lipinski definition) is 6. The average Bonchev–Trinajstić information content (AvgIpc) is 2.37. The Bertz CT molecular complexity index is 273. The van der Waals surface area contributed by atoms with Crippen LogP contribution in [0.4, 0.5) is 0 Å². The fourth-order valence-electron chi connectivity index (χ4n) is 2.14. The quantitative estimate of drug-likeness (QED) is 0.507. The van der Waals surface area contributed by atoms with Crippen LogP contribution >= 0.6 is 0 Å². The number of aliphatic hydroxyl groups excluding tert-OH is 4. The summed E-state index contributed by atoms with van der Waals surface area (Å²) >= 11 is 0. The van der Waals surface area contributed by atoms with Gasteiger partial charge in [0.25, 0.3) is 0 Å². The Morgan fingerprint density at radius 1 is 1.11 bits per heavy atom. The molecule has 0 unspecified atom stereocenters. The van der Waals surface area contributed by atoms with Gasteiger partial charge in [0.1, 0.15) is 24.4 Å². The van der Waals surface area contributed by atoms with Crippen LogP contribution in [0.2, 0.25) is 19.1 Å². The summed E-state index contributed by atoms with van der Waals surface area (Å²) < 4.78 is 11.2. The molecule has 114 valence electrons. The molecule has 0 spiro atoms. The van der Waals surface area contributed by atoms with Gasteiger partial charge in [-0.3, -0.25) is 0 Å². The van der Waals surface area contributed by atoms with E-state index in [9.17, 15) is 15.3 Å². The van der Waals surface area contributed by atoms with E-state index in [1.807, 2.05) is 13.1 Å². The molecule has 7 heteroatoms. The Balaban J connectivity index is 2.65. The van der Waals surface area contributed by atoms with Crippen molar-refractivity contribution in [2.75, 3.05) is 6.61 Å². The first-order valence-electron chi connectivity index (χ1n) is 6.80. The van der Waals surface area contributed by atoms with Crippen molar-refractivity contribution in [3.63, 3.8) is 0 Å². The Labute approximate surface area is 115 Å². The van der Waals surface area contributed by atoms with Crippen LogP contribution in [0.25, 0.3) is 0 Å². The molecule has 1 heterocycles. The summed E-state index contributed by atoms with van der Waals surface area (Å²) in [6, 6.07) is 0.929. The second kappa shape index (κ2) is 7.12. The molecule has 1 aliphatic rings. The summed E-state index contributed by atoms with van der Waals surface area (Å²) in [5.41, 5.74) is 0. The van der Waals surface area contributed by atoms with Crippen LogP contribution < -0.4 is 0 Å². The molecular weight excluding hydrogens is 268 g/mol. The van der Waals surface area contributed by atoms with Crippen LogP contribution in [0.15, 0.2) is 0 Å². The summed E-state index contributed by atoms with van der Waals surface area (Å²) in [6.45, 7) is 5.70. The lowest BCUT2D eigenvalue weighted by Gasteiger charge is -2.42. The van der Waals surface area contributed by atoms with Gasteiger partial charge in [0.2, 0.25) is 0 Å². The average molecular weight is 294 g/mol. The predicted molar refractivity (Wildman–Crippen MR) is 72.0 cm³/mol. The van der Waals surface area contributed by atoms with Gasteiger partial charge < -0.3 is 29.6 Å². The van der Waals surface area contributed by atoms with E-state index in [4.69, 9.17) is 14.3 Å². The maximum absolute atomic E-state index is 9.89. The van der Waals surface area contributed by atoms with Crippen molar-refractivity contribution in [2.45, 2.75) is 69.6 Å². The molecule has 5 atom stereocenters. The van der Waals surface area contributed by atoms with Crippen LogP contribution in [0, 0.1) is 0 Å². The molecule has 19 heavy (non-hydrogen) atoms. The predicted octanol–water partition coefficient (Wildman–Crippen LogP) is -0.192. The molecule has 0 radical (unpaired) electrons. The third-order valence-corrected chi connectivity index (χ3v) is 5.84. The van der Waals surface area contributed by atoms with E-state index in [0.29, 0.717) is 0 Å². The highest BCUT2D eigenvalue weighted by Crippen LogP contribution is 2.26. The smallest absolute Gasteiger partial charge is 0.190 e. The molecule has 4 N–H and O–H groups in total. The van der Waals surface area contributed by atoms with E-state index >= 15 is 0 Å². The third kappa shape index (κ3) is 4.49. The van der Waals surface area contributed by atoms with Gasteiger partial charge in [-0.1, -0.05) is 19.8 Å². The lowest BCUT2D eigenvalue weighted by atomic mass is 10.00. The second-order valence-corrected chi connectivity index (χ2v) is 9.93. The van der Waals surface area contributed by atoms with E-state index in [1.165, 1.54) is 0 Å². The maximum Gasteiger partial charge on any atom is 0.190 e. The number of aliphatic hydroxyl groups is 4. The van der Waals surface area contributed by atoms with E-state index in [2.05, 4.69) is 6.92 Å². The number of hydrogen-bond donors (Lipinski definition) is 4. The Kier molecular flexibility index (Phi) is 6.38. The highest BCUT2D eigenvalue weighted by atomic mass is 28.4. The monoisotopic (exact) mass is 294 g/mol. The van der Waals surface area contributed by atoms with Crippen molar-refractivity contribution in [2.24, 2.45) is 0 Å². The topological polar surface area (TPSA) is 99.4 Å². The molecule has 0 bridgehead atoms. The van der Waals surface area contributed by atoms with Gasteiger partial charge in [-0.25, -0.2) is 0 Å². The van der Waals surface area contributed by atoms with Crippen LogP contribution in [0.3, 0.4) is 0 Å². The Morgan fingerprint density at radius 3 is 2.26 bits per heavy atom. The van der Waals surface area contributed by atoms with E-state index in [-0.39, 0.29) is 0 Å². The van der Waals surface area contributed by atoms with Gasteiger partial charge in [-0.15, -0.1) is 0 Å². The van der Waals surface area contributed by atoms with Crippen molar-refractivity contribution in [3.8, 4) is 0 Å². The normalized spacial score (nSPS) is 36.5. The standard InChI is InChI=1S/C12H26O6Si/c1-4-5-6-19(2,3)18-12-11(16)10(15)9(14)8(7-13)17-12/h8-16H,4-7H2,1-3H3/t8-,9-,10+,11-,12+/m1/s1. The summed E-state index contributed by atoms with van der Waals surface area (Å²) in [5, 5.41) is 38.4. The van der Waals surface area contributed by atoms with Gasteiger partial charge in [-0.05, 0) is 19.1 Å². The van der Waals surface area contributed by atoms with Gasteiger partial charge in [0.15, 0.2) is 14.6 Å². The van der Waals surface area contributed by atoms with Crippen LogP contribution in [-0.4, -0.2) is 66.1 Å². The summed E-state index contributed by atoms with van der Waals surface area (Å²) in [5.74, 6) is 0. The van der Waals surface area contributed by atoms with Crippen LogP contribution in [-0.2, 0) is 9.16 Å². The molecule has 1 fully saturated rings. The zero-order valence-corrected chi connectivity index (χ0v) is 12.8. The fourth-order valence-corrected chi connectivity index (χ4v) is 4.29. The van der Waals surface area contributed by atoms with Crippen molar-refractivity contribution >= 4 is 8.32 Å². The van der Waals surface area contributed by atoms with Gasteiger partial charge in [0, 0.05) is 0 Å². The molecule has 0 aromatic rings.